The van der Waals surface area contributed by atoms with Gasteiger partial charge in [0.05, 0.1) is 7.11 Å². The van der Waals surface area contributed by atoms with E-state index in [1.165, 1.54) is 5.56 Å². The maximum Gasteiger partial charge on any atom is 0.128 e. The van der Waals surface area contributed by atoms with Crippen LogP contribution in [0, 0.1) is 0 Å². The molecule has 3 N–H and O–H groups in total. The van der Waals surface area contributed by atoms with Crippen LogP contribution in [0.5, 0.6) is 5.75 Å². The Morgan fingerprint density at radius 2 is 2.14 bits per heavy atom. The molecule has 0 spiro atoms. The molecule has 0 saturated carbocycles. The van der Waals surface area contributed by atoms with E-state index >= 15 is 0 Å². The molecule has 0 saturated heterocycles. The Hall–Kier alpha value is -2.07. The predicted octanol–water partition coefficient (Wildman–Crippen LogP) is 2.96. The third kappa shape index (κ3) is 4.20. The SMILES string of the molecule is CCCNC(Cc1cccc(OC)c1)c1cccnc1N. The van der Waals surface area contributed by atoms with E-state index in [2.05, 4.69) is 29.4 Å². The van der Waals surface area contributed by atoms with E-state index in [9.17, 15) is 0 Å². The minimum absolute atomic E-state index is 0.158. The Balaban J connectivity index is 2.21. The van der Waals surface area contributed by atoms with Gasteiger partial charge in [0.15, 0.2) is 0 Å². The fraction of sp³-hybridized carbons (Fsp3) is 0.353. The van der Waals surface area contributed by atoms with Crippen LogP contribution in [0.15, 0.2) is 42.6 Å². The van der Waals surface area contributed by atoms with Crippen molar-refractivity contribution in [3.05, 3.63) is 53.7 Å². The molecule has 0 fully saturated rings. The lowest BCUT2D eigenvalue weighted by atomic mass is 9.99. The molecular weight excluding hydrogens is 262 g/mol. The number of nitrogens with one attached hydrogen (secondary N) is 1. The summed E-state index contributed by atoms with van der Waals surface area (Å²) in [6.07, 6.45) is 3.66. The smallest absolute Gasteiger partial charge is 0.128 e. The van der Waals surface area contributed by atoms with E-state index in [0.29, 0.717) is 5.82 Å². The summed E-state index contributed by atoms with van der Waals surface area (Å²) in [7, 11) is 1.69. The quantitative estimate of drug-likeness (QED) is 0.821. The van der Waals surface area contributed by atoms with Gasteiger partial charge in [-0.3, -0.25) is 0 Å². The molecule has 1 aromatic heterocycles. The number of rotatable bonds is 7. The van der Waals surface area contributed by atoms with Crippen molar-refractivity contribution in [2.24, 2.45) is 0 Å². The van der Waals surface area contributed by atoms with Crippen molar-refractivity contribution in [3.63, 3.8) is 0 Å². The van der Waals surface area contributed by atoms with Gasteiger partial charge in [-0.05, 0) is 43.1 Å². The lowest BCUT2D eigenvalue weighted by Crippen LogP contribution is -2.25. The molecule has 112 valence electrons. The van der Waals surface area contributed by atoms with E-state index in [1.54, 1.807) is 13.3 Å². The number of nitrogens with zero attached hydrogens (tertiary/aromatic N) is 1. The zero-order chi connectivity index (χ0) is 15.1. The Kier molecular flexibility index (Phi) is 5.58. The predicted molar refractivity (Wildman–Crippen MR) is 86.4 cm³/mol. The number of benzene rings is 1. The van der Waals surface area contributed by atoms with Gasteiger partial charge < -0.3 is 15.8 Å². The summed E-state index contributed by atoms with van der Waals surface area (Å²) in [5, 5.41) is 3.55. The van der Waals surface area contributed by atoms with Gasteiger partial charge in [0.2, 0.25) is 0 Å². The number of hydrogen-bond donors (Lipinski definition) is 2. The second-order valence-corrected chi connectivity index (χ2v) is 5.04. The standard InChI is InChI=1S/C17H23N3O/c1-3-9-19-16(15-8-5-10-20-17(15)18)12-13-6-4-7-14(11-13)21-2/h4-8,10-11,16,19H,3,9,12H2,1-2H3,(H2,18,20). The highest BCUT2D eigenvalue weighted by Crippen LogP contribution is 2.24. The van der Waals surface area contributed by atoms with Crippen LogP contribution in [-0.4, -0.2) is 18.6 Å². The summed E-state index contributed by atoms with van der Waals surface area (Å²) in [6, 6.07) is 12.3. The highest BCUT2D eigenvalue weighted by molar-refractivity contribution is 5.42. The van der Waals surface area contributed by atoms with Gasteiger partial charge in [-0.2, -0.15) is 0 Å². The fourth-order valence-corrected chi connectivity index (χ4v) is 2.37. The van der Waals surface area contributed by atoms with Gasteiger partial charge in [-0.1, -0.05) is 25.1 Å². The van der Waals surface area contributed by atoms with Crippen LogP contribution in [0.4, 0.5) is 5.82 Å². The first-order valence-electron chi connectivity index (χ1n) is 7.31. The first kappa shape index (κ1) is 15.3. The Bertz CT molecular complexity index is 571. The zero-order valence-corrected chi connectivity index (χ0v) is 12.7. The molecule has 0 aliphatic heterocycles. The fourth-order valence-electron chi connectivity index (χ4n) is 2.37. The van der Waals surface area contributed by atoms with Crippen LogP contribution in [0.1, 0.15) is 30.5 Å². The molecule has 0 bridgehead atoms. The lowest BCUT2D eigenvalue weighted by molar-refractivity contribution is 0.413. The minimum Gasteiger partial charge on any atom is -0.497 e. The molecule has 0 aliphatic carbocycles. The van der Waals surface area contributed by atoms with Crippen molar-refractivity contribution in [2.45, 2.75) is 25.8 Å². The van der Waals surface area contributed by atoms with Gasteiger partial charge in [0.25, 0.3) is 0 Å². The first-order chi connectivity index (χ1) is 10.2. The first-order valence-corrected chi connectivity index (χ1v) is 7.31. The monoisotopic (exact) mass is 285 g/mol. The van der Waals surface area contributed by atoms with E-state index in [1.807, 2.05) is 24.3 Å². The normalized spacial score (nSPS) is 12.1. The van der Waals surface area contributed by atoms with Gasteiger partial charge in [0.1, 0.15) is 11.6 Å². The zero-order valence-electron chi connectivity index (χ0n) is 12.7. The molecule has 1 unspecified atom stereocenters. The summed E-state index contributed by atoms with van der Waals surface area (Å²) >= 11 is 0. The Morgan fingerprint density at radius 1 is 1.29 bits per heavy atom. The van der Waals surface area contributed by atoms with Crippen LogP contribution in [-0.2, 0) is 6.42 Å². The van der Waals surface area contributed by atoms with Crippen molar-refractivity contribution in [1.29, 1.82) is 0 Å². The van der Waals surface area contributed by atoms with E-state index in [0.717, 1.165) is 30.7 Å². The van der Waals surface area contributed by atoms with Crippen molar-refractivity contribution in [1.82, 2.24) is 10.3 Å². The summed E-state index contributed by atoms with van der Waals surface area (Å²) < 4.78 is 5.29. The molecular formula is C17H23N3O. The highest BCUT2D eigenvalue weighted by atomic mass is 16.5. The van der Waals surface area contributed by atoms with Crippen LogP contribution in [0.3, 0.4) is 0 Å². The molecule has 4 heteroatoms. The third-order valence-corrected chi connectivity index (χ3v) is 3.46. The number of nitrogens with two attached hydrogens (primary N) is 1. The van der Waals surface area contributed by atoms with Crippen LogP contribution >= 0.6 is 0 Å². The van der Waals surface area contributed by atoms with Gasteiger partial charge in [-0.15, -0.1) is 0 Å². The van der Waals surface area contributed by atoms with E-state index in [-0.39, 0.29) is 6.04 Å². The van der Waals surface area contributed by atoms with Gasteiger partial charge in [-0.25, -0.2) is 4.98 Å². The molecule has 4 nitrogen and oxygen atoms in total. The van der Waals surface area contributed by atoms with Gasteiger partial charge >= 0.3 is 0 Å². The maximum absolute atomic E-state index is 6.03. The summed E-state index contributed by atoms with van der Waals surface area (Å²) in [4.78, 5) is 4.20. The number of hydrogen-bond acceptors (Lipinski definition) is 4. The number of nitrogen functional groups attached to an aromatic ring is 1. The number of pyridine rings is 1. The number of anilines is 1. The van der Waals surface area contributed by atoms with Crippen molar-refractivity contribution in [3.8, 4) is 5.75 Å². The Morgan fingerprint density at radius 3 is 2.86 bits per heavy atom. The van der Waals surface area contributed by atoms with Crippen LogP contribution in [0.2, 0.25) is 0 Å². The molecule has 0 aliphatic rings. The molecule has 2 aromatic rings. The average molecular weight is 285 g/mol. The summed E-state index contributed by atoms with van der Waals surface area (Å²) in [5.74, 6) is 1.47. The second-order valence-electron chi connectivity index (χ2n) is 5.04. The Labute approximate surface area is 126 Å². The van der Waals surface area contributed by atoms with Crippen LogP contribution in [0.25, 0.3) is 0 Å². The van der Waals surface area contributed by atoms with Crippen molar-refractivity contribution in [2.75, 3.05) is 19.4 Å². The number of methoxy groups -OCH3 is 1. The molecule has 1 atom stereocenters. The highest BCUT2D eigenvalue weighted by Gasteiger charge is 2.15. The molecule has 21 heavy (non-hydrogen) atoms. The lowest BCUT2D eigenvalue weighted by Gasteiger charge is -2.20. The summed E-state index contributed by atoms with van der Waals surface area (Å²) in [5.41, 5.74) is 8.29. The van der Waals surface area contributed by atoms with Crippen molar-refractivity contribution < 1.29 is 4.74 Å². The van der Waals surface area contributed by atoms with Crippen LogP contribution < -0.4 is 15.8 Å². The molecule has 0 amide bonds. The largest absolute Gasteiger partial charge is 0.497 e. The summed E-state index contributed by atoms with van der Waals surface area (Å²) in [6.45, 7) is 3.10. The second kappa shape index (κ2) is 7.64. The molecule has 1 aromatic carbocycles. The third-order valence-electron chi connectivity index (χ3n) is 3.46. The average Bonchev–Trinajstić information content (AvgIpc) is 2.52. The van der Waals surface area contributed by atoms with E-state index in [4.69, 9.17) is 10.5 Å². The topological polar surface area (TPSA) is 60.2 Å². The van der Waals surface area contributed by atoms with Gasteiger partial charge in [0, 0.05) is 17.8 Å². The maximum atomic E-state index is 6.03. The number of ether oxygens (including phenoxy) is 1. The van der Waals surface area contributed by atoms with Crippen molar-refractivity contribution >= 4 is 5.82 Å². The minimum atomic E-state index is 0.158. The molecule has 2 rings (SSSR count). The van der Waals surface area contributed by atoms with E-state index < -0.39 is 0 Å². The molecule has 1 heterocycles. The number of aromatic nitrogens is 1. The molecule has 0 radical (unpaired) electrons.